The standard InChI is InChI=1S/C16H16Cl2N2O/c17-13-7-6-11(15(18)9-13)8-12(10-19)16(21)20-14-4-2-1-3-5-14/h6-9,14H,1-5H2,(H,20,21). The summed E-state index contributed by atoms with van der Waals surface area (Å²) in [5.74, 6) is -0.338. The Labute approximate surface area is 134 Å². The van der Waals surface area contributed by atoms with E-state index in [1.807, 2.05) is 6.07 Å². The molecule has 1 aliphatic carbocycles. The lowest BCUT2D eigenvalue weighted by atomic mass is 9.95. The molecule has 0 bridgehead atoms. The van der Waals surface area contributed by atoms with Crippen LogP contribution in [-0.4, -0.2) is 11.9 Å². The normalized spacial score (nSPS) is 16.3. The third-order valence-electron chi connectivity index (χ3n) is 3.57. The van der Waals surface area contributed by atoms with Crippen molar-refractivity contribution in [1.82, 2.24) is 5.32 Å². The molecule has 0 saturated heterocycles. The number of rotatable bonds is 3. The van der Waals surface area contributed by atoms with Crippen molar-refractivity contribution in [3.05, 3.63) is 39.4 Å². The molecule has 1 aliphatic rings. The first-order valence-electron chi connectivity index (χ1n) is 6.98. The van der Waals surface area contributed by atoms with Crippen LogP contribution in [0.4, 0.5) is 0 Å². The van der Waals surface area contributed by atoms with Crippen LogP contribution >= 0.6 is 23.2 Å². The van der Waals surface area contributed by atoms with Crippen molar-refractivity contribution >= 4 is 35.2 Å². The monoisotopic (exact) mass is 322 g/mol. The van der Waals surface area contributed by atoms with E-state index in [-0.39, 0.29) is 17.5 Å². The van der Waals surface area contributed by atoms with Crippen LogP contribution in [0.5, 0.6) is 0 Å². The van der Waals surface area contributed by atoms with Crippen LogP contribution in [0.25, 0.3) is 6.08 Å². The molecule has 0 radical (unpaired) electrons. The highest BCUT2D eigenvalue weighted by Crippen LogP contribution is 2.23. The van der Waals surface area contributed by atoms with Gasteiger partial charge >= 0.3 is 0 Å². The average Bonchev–Trinajstić information content (AvgIpc) is 2.47. The zero-order chi connectivity index (χ0) is 15.2. The van der Waals surface area contributed by atoms with E-state index in [2.05, 4.69) is 5.32 Å². The lowest BCUT2D eigenvalue weighted by Crippen LogP contribution is -2.36. The van der Waals surface area contributed by atoms with E-state index in [9.17, 15) is 10.1 Å². The molecule has 0 unspecified atom stereocenters. The van der Waals surface area contributed by atoms with Crippen LogP contribution in [0.3, 0.4) is 0 Å². The van der Waals surface area contributed by atoms with Gasteiger partial charge < -0.3 is 5.32 Å². The van der Waals surface area contributed by atoms with Gasteiger partial charge in [0.2, 0.25) is 0 Å². The Balaban J connectivity index is 2.12. The SMILES string of the molecule is N#CC(=Cc1ccc(Cl)cc1Cl)C(=O)NC1CCCCC1. The number of hydrogen-bond acceptors (Lipinski definition) is 2. The van der Waals surface area contributed by atoms with Gasteiger partial charge in [0.1, 0.15) is 11.6 Å². The van der Waals surface area contributed by atoms with Gasteiger partial charge in [-0.15, -0.1) is 0 Å². The highest BCUT2D eigenvalue weighted by molar-refractivity contribution is 6.35. The maximum atomic E-state index is 12.2. The number of benzene rings is 1. The predicted octanol–water partition coefficient (Wildman–Crippen LogP) is 4.35. The second-order valence-corrected chi connectivity index (χ2v) is 5.99. The summed E-state index contributed by atoms with van der Waals surface area (Å²) in [6.45, 7) is 0. The van der Waals surface area contributed by atoms with Gasteiger partial charge in [0.15, 0.2) is 0 Å². The van der Waals surface area contributed by atoms with Gasteiger partial charge in [-0.3, -0.25) is 4.79 Å². The molecule has 1 saturated carbocycles. The molecule has 1 aromatic rings. The van der Waals surface area contributed by atoms with Gasteiger partial charge in [0.05, 0.1) is 0 Å². The van der Waals surface area contributed by atoms with E-state index in [1.54, 1.807) is 18.2 Å². The molecule has 1 amide bonds. The van der Waals surface area contributed by atoms with Crippen molar-refractivity contribution in [3.8, 4) is 6.07 Å². The first-order valence-corrected chi connectivity index (χ1v) is 7.73. The maximum absolute atomic E-state index is 12.2. The molecule has 21 heavy (non-hydrogen) atoms. The lowest BCUT2D eigenvalue weighted by Gasteiger charge is -2.22. The van der Waals surface area contributed by atoms with Crippen LogP contribution in [0, 0.1) is 11.3 Å². The topological polar surface area (TPSA) is 52.9 Å². The van der Waals surface area contributed by atoms with Crippen molar-refractivity contribution in [1.29, 1.82) is 5.26 Å². The smallest absolute Gasteiger partial charge is 0.262 e. The summed E-state index contributed by atoms with van der Waals surface area (Å²) in [6, 6.07) is 7.06. The highest BCUT2D eigenvalue weighted by Gasteiger charge is 2.18. The number of nitrogens with one attached hydrogen (secondary N) is 1. The summed E-state index contributed by atoms with van der Waals surface area (Å²) in [7, 11) is 0. The van der Waals surface area contributed by atoms with Crippen LogP contribution < -0.4 is 5.32 Å². The van der Waals surface area contributed by atoms with Crippen LogP contribution in [-0.2, 0) is 4.79 Å². The van der Waals surface area contributed by atoms with E-state index in [1.165, 1.54) is 12.5 Å². The van der Waals surface area contributed by atoms with Gasteiger partial charge in [-0.2, -0.15) is 5.26 Å². The quantitative estimate of drug-likeness (QED) is 0.664. The molecule has 110 valence electrons. The van der Waals surface area contributed by atoms with E-state index in [0.717, 1.165) is 25.7 Å². The minimum atomic E-state index is -0.338. The van der Waals surface area contributed by atoms with Crippen molar-refractivity contribution in [3.63, 3.8) is 0 Å². The summed E-state index contributed by atoms with van der Waals surface area (Å²) >= 11 is 11.9. The van der Waals surface area contributed by atoms with Crippen LogP contribution in [0.15, 0.2) is 23.8 Å². The number of hydrogen-bond donors (Lipinski definition) is 1. The third-order valence-corrected chi connectivity index (χ3v) is 4.13. The molecule has 0 aliphatic heterocycles. The molecule has 5 heteroatoms. The average molecular weight is 323 g/mol. The van der Waals surface area contributed by atoms with Crippen molar-refractivity contribution in [2.24, 2.45) is 0 Å². The fourth-order valence-corrected chi connectivity index (χ4v) is 2.90. The van der Waals surface area contributed by atoms with E-state index in [0.29, 0.717) is 15.6 Å². The minimum absolute atomic E-state index is 0.0600. The number of nitrogens with zero attached hydrogens (tertiary/aromatic N) is 1. The fraction of sp³-hybridized carbons (Fsp3) is 0.375. The Morgan fingerprint density at radius 2 is 2.00 bits per heavy atom. The first kappa shape index (κ1) is 15.9. The Kier molecular flexibility index (Phi) is 5.67. The largest absolute Gasteiger partial charge is 0.349 e. The molecule has 0 spiro atoms. The molecule has 3 nitrogen and oxygen atoms in total. The Bertz CT molecular complexity index is 599. The van der Waals surface area contributed by atoms with Gasteiger partial charge in [-0.1, -0.05) is 48.5 Å². The Hall–Kier alpha value is -1.50. The Morgan fingerprint density at radius 1 is 1.29 bits per heavy atom. The molecular weight excluding hydrogens is 307 g/mol. The predicted molar refractivity (Wildman–Crippen MR) is 85.1 cm³/mol. The number of carbonyl (C=O) groups is 1. The fourth-order valence-electron chi connectivity index (χ4n) is 2.43. The van der Waals surface area contributed by atoms with Gasteiger partial charge in [-0.25, -0.2) is 0 Å². The number of amides is 1. The van der Waals surface area contributed by atoms with Gasteiger partial charge in [0.25, 0.3) is 5.91 Å². The number of carbonyl (C=O) groups excluding carboxylic acids is 1. The van der Waals surface area contributed by atoms with Crippen LogP contribution in [0.1, 0.15) is 37.7 Å². The molecule has 1 fully saturated rings. The van der Waals surface area contributed by atoms with Crippen molar-refractivity contribution in [2.45, 2.75) is 38.1 Å². The first-order chi connectivity index (χ1) is 10.1. The van der Waals surface area contributed by atoms with Crippen molar-refractivity contribution in [2.75, 3.05) is 0 Å². The van der Waals surface area contributed by atoms with Gasteiger partial charge in [-0.05, 0) is 36.6 Å². The highest BCUT2D eigenvalue weighted by atomic mass is 35.5. The van der Waals surface area contributed by atoms with Crippen molar-refractivity contribution < 1.29 is 4.79 Å². The number of halogens is 2. The summed E-state index contributed by atoms with van der Waals surface area (Å²) in [5, 5.41) is 13.0. The molecule has 1 aromatic carbocycles. The summed E-state index contributed by atoms with van der Waals surface area (Å²) in [6.07, 6.45) is 6.92. The Morgan fingerprint density at radius 3 is 2.62 bits per heavy atom. The maximum Gasteiger partial charge on any atom is 0.262 e. The van der Waals surface area contributed by atoms with Crippen LogP contribution in [0.2, 0.25) is 10.0 Å². The van der Waals surface area contributed by atoms with E-state index < -0.39 is 0 Å². The molecule has 2 rings (SSSR count). The van der Waals surface area contributed by atoms with E-state index in [4.69, 9.17) is 23.2 Å². The zero-order valence-electron chi connectivity index (χ0n) is 11.5. The zero-order valence-corrected chi connectivity index (χ0v) is 13.0. The summed E-state index contributed by atoms with van der Waals surface area (Å²) in [5.41, 5.74) is 0.668. The molecule has 0 aromatic heterocycles. The summed E-state index contributed by atoms with van der Waals surface area (Å²) < 4.78 is 0. The van der Waals surface area contributed by atoms with Gasteiger partial charge in [0, 0.05) is 16.1 Å². The third kappa shape index (κ3) is 4.49. The lowest BCUT2D eigenvalue weighted by molar-refractivity contribution is -0.117. The second-order valence-electron chi connectivity index (χ2n) is 5.14. The molecule has 1 N–H and O–H groups in total. The summed E-state index contributed by atoms with van der Waals surface area (Å²) in [4.78, 5) is 12.2. The minimum Gasteiger partial charge on any atom is -0.349 e. The molecular formula is C16H16Cl2N2O. The van der Waals surface area contributed by atoms with E-state index >= 15 is 0 Å². The number of nitriles is 1. The second kappa shape index (κ2) is 7.49. The molecule has 0 heterocycles. The molecule has 0 atom stereocenters.